The SMILES string of the molecule is O=C(CN1CCOC2(CCC2)C1)NCc1ccccc1Cn1cccn1. The van der Waals surface area contributed by atoms with Crippen molar-refractivity contribution in [1.29, 1.82) is 0 Å². The summed E-state index contributed by atoms with van der Waals surface area (Å²) in [6.45, 7) is 4.17. The molecule has 1 aliphatic carbocycles. The first-order valence-corrected chi connectivity index (χ1v) is 9.40. The molecular weight excluding hydrogens is 328 g/mol. The van der Waals surface area contributed by atoms with E-state index in [0.29, 0.717) is 19.6 Å². The molecule has 4 rings (SSSR count). The number of benzene rings is 1. The van der Waals surface area contributed by atoms with Gasteiger partial charge in [0.15, 0.2) is 0 Å². The number of hydrogen-bond donors (Lipinski definition) is 1. The summed E-state index contributed by atoms with van der Waals surface area (Å²) in [5.41, 5.74) is 2.35. The molecule has 0 atom stereocenters. The van der Waals surface area contributed by atoms with Crippen LogP contribution < -0.4 is 5.32 Å². The van der Waals surface area contributed by atoms with E-state index in [2.05, 4.69) is 27.4 Å². The summed E-state index contributed by atoms with van der Waals surface area (Å²) >= 11 is 0. The van der Waals surface area contributed by atoms with Gasteiger partial charge in [0.25, 0.3) is 0 Å². The molecule has 1 aromatic carbocycles. The van der Waals surface area contributed by atoms with Gasteiger partial charge in [-0.05, 0) is 36.5 Å². The minimum absolute atomic E-state index is 0.0366. The largest absolute Gasteiger partial charge is 0.372 e. The van der Waals surface area contributed by atoms with E-state index in [9.17, 15) is 4.79 Å². The number of morpholine rings is 1. The molecule has 0 radical (unpaired) electrons. The van der Waals surface area contributed by atoms with Gasteiger partial charge in [-0.3, -0.25) is 14.4 Å². The van der Waals surface area contributed by atoms with Gasteiger partial charge >= 0.3 is 0 Å². The third kappa shape index (κ3) is 3.97. The fourth-order valence-corrected chi connectivity index (χ4v) is 3.84. The van der Waals surface area contributed by atoms with Crippen LogP contribution in [0.3, 0.4) is 0 Å². The van der Waals surface area contributed by atoms with Gasteiger partial charge < -0.3 is 10.1 Å². The van der Waals surface area contributed by atoms with Crippen LogP contribution in [-0.2, 0) is 22.6 Å². The van der Waals surface area contributed by atoms with E-state index in [1.54, 1.807) is 6.20 Å². The van der Waals surface area contributed by atoms with Crippen LogP contribution in [0.1, 0.15) is 30.4 Å². The Hall–Kier alpha value is -2.18. The lowest BCUT2D eigenvalue weighted by atomic mass is 9.79. The zero-order chi connectivity index (χ0) is 17.8. The van der Waals surface area contributed by atoms with Crippen LogP contribution in [0, 0.1) is 0 Å². The smallest absolute Gasteiger partial charge is 0.234 e. The van der Waals surface area contributed by atoms with Gasteiger partial charge in [0.2, 0.25) is 5.91 Å². The van der Waals surface area contributed by atoms with Crippen LogP contribution >= 0.6 is 0 Å². The van der Waals surface area contributed by atoms with Gasteiger partial charge in [-0.2, -0.15) is 5.10 Å². The number of hydrogen-bond acceptors (Lipinski definition) is 4. The molecular formula is C20H26N4O2. The quantitative estimate of drug-likeness (QED) is 0.859. The van der Waals surface area contributed by atoms with Crippen molar-refractivity contribution in [3.63, 3.8) is 0 Å². The molecule has 2 aromatic rings. The van der Waals surface area contributed by atoms with Crippen molar-refractivity contribution < 1.29 is 9.53 Å². The average molecular weight is 354 g/mol. The minimum Gasteiger partial charge on any atom is -0.372 e. The van der Waals surface area contributed by atoms with Crippen LogP contribution in [0.15, 0.2) is 42.7 Å². The van der Waals surface area contributed by atoms with Crippen molar-refractivity contribution in [2.24, 2.45) is 0 Å². The maximum absolute atomic E-state index is 12.4. The number of rotatable bonds is 6. The van der Waals surface area contributed by atoms with Crippen LogP contribution in [0.4, 0.5) is 0 Å². The maximum atomic E-state index is 12.4. The second-order valence-corrected chi connectivity index (χ2v) is 7.34. The maximum Gasteiger partial charge on any atom is 0.234 e. The molecule has 0 bridgehead atoms. The Morgan fingerprint density at radius 2 is 2.08 bits per heavy atom. The van der Waals surface area contributed by atoms with Crippen molar-refractivity contribution in [3.05, 3.63) is 53.9 Å². The fraction of sp³-hybridized carbons (Fsp3) is 0.500. The summed E-state index contributed by atoms with van der Waals surface area (Å²) in [5, 5.41) is 7.34. The molecule has 1 saturated heterocycles. The number of nitrogens with one attached hydrogen (secondary N) is 1. The van der Waals surface area contributed by atoms with E-state index in [1.807, 2.05) is 29.1 Å². The van der Waals surface area contributed by atoms with E-state index in [-0.39, 0.29) is 11.5 Å². The van der Waals surface area contributed by atoms with Crippen LogP contribution in [0.2, 0.25) is 0 Å². The van der Waals surface area contributed by atoms with Gasteiger partial charge in [0, 0.05) is 32.0 Å². The van der Waals surface area contributed by atoms with Crippen molar-refractivity contribution >= 4 is 5.91 Å². The third-order valence-corrected chi connectivity index (χ3v) is 5.45. The normalized spacial score (nSPS) is 19.2. The first kappa shape index (κ1) is 17.2. The summed E-state index contributed by atoms with van der Waals surface area (Å²) in [5.74, 6) is 0.0789. The first-order chi connectivity index (χ1) is 12.7. The molecule has 1 amide bonds. The number of carbonyl (C=O) groups is 1. The lowest BCUT2D eigenvalue weighted by Gasteiger charge is -2.48. The monoisotopic (exact) mass is 354 g/mol. The zero-order valence-corrected chi connectivity index (χ0v) is 15.1. The highest BCUT2D eigenvalue weighted by atomic mass is 16.5. The predicted molar refractivity (Wildman–Crippen MR) is 98.6 cm³/mol. The Balaban J connectivity index is 1.30. The molecule has 1 saturated carbocycles. The zero-order valence-electron chi connectivity index (χ0n) is 15.1. The Kier molecular flexibility index (Phi) is 5.04. The fourth-order valence-electron chi connectivity index (χ4n) is 3.84. The number of amides is 1. The minimum atomic E-state index is 0.0366. The highest BCUT2D eigenvalue weighted by molar-refractivity contribution is 5.78. The molecule has 6 nitrogen and oxygen atoms in total. The molecule has 1 aliphatic heterocycles. The van der Waals surface area contributed by atoms with E-state index in [4.69, 9.17) is 4.74 Å². The van der Waals surface area contributed by atoms with Gasteiger partial charge in [-0.15, -0.1) is 0 Å². The molecule has 6 heteroatoms. The molecule has 1 spiro atoms. The number of ether oxygens (including phenoxy) is 1. The number of carbonyl (C=O) groups excluding carboxylic acids is 1. The highest BCUT2D eigenvalue weighted by Gasteiger charge is 2.42. The highest BCUT2D eigenvalue weighted by Crippen LogP contribution is 2.37. The summed E-state index contributed by atoms with van der Waals surface area (Å²) in [6.07, 6.45) is 7.23. The summed E-state index contributed by atoms with van der Waals surface area (Å²) < 4.78 is 7.82. The topological polar surface area (TPSA) is 59.4 Å². The molecule has 1 aromatic heterocycles. The molecule has 2 heterocycles. The van der Waals surface area contributed by atoms with E-state index in [1.165, 1.54) is 12.0 Å². The second kappa shape index (κ2) is 7.60. The van der Waals surface area contributed by atoms with Crippen molar-refractivity contribution in [1.82, 2.24) is 20.0 Å². The molecule has 2 fully saturated rings. The van der Waals surface area contributed by atoms with E-state index in [0.717, 1.165) is 38.1 Å². The van der Waals surface area contributed by atoms with Crippen LogP contribution in [0.5, 0.6) is 0 Å². The van der Waals surface area contributed by atoms with Gasteiger partial charge in [-0.1, -0.05) is 24.3 Å². The molecule has 26 heavy (non-hydrogen) atoms. The van der Waals surface area contributed by atoms with E-state index >= 15 is 0 Å². The van der Waals surface area contributed by atoms with Crippen molar-refractivity contribution in [2.75, 3.05) is 26.2 Å². The van der Waals surface area contributed by atoms with Gasteiger partial charge in [0.1, 0.15) is 0 Å². The van der Waals surface area contributed by atoms with Crippen LogP contribution in [-0.4, -0.2) is 52.4 Å². The lowest BCUT2D eigenvalue weighted by Crippen LogP contribution is -2.57. The molecule has 0 unspecified atom stereocenters. The van der Waals surface area contributed by atoms with E-state index < -0.39 is 0 Å². The standard InChI is InChI=1S/C20H26N4O2/c25-19(15-23-11-12-26-20(16-23)7-3-8-20)21-13-17-5-1-2-6-18(17)14-24-10-4-9-22-24/h1-2,4-6,9-10H,3,7-8,11-16H2,(H,21,25). The van der Waals surface area contributed by atoms with Crippen molar-refractivity contribution in [2.45, 2.75) is 38.0 Å². The number of aromatic nitrogens is 2. The third-order valence-electron chi connectivity index (χ3n) is 5.45. The summed E-state index contributed by atoms with van der Waals surface area (Å²) in [7, 11) is 0. The van der Waals surface area contributed by atoms with Crippen molar-refractivity contribution in [3.8, 4) is 0 Å². The lowest BCUT2D eigenvalue weighted by molar-refractivity contribution is -0.154. The predicted octanol–water partition coefficient (Wildman–Crippen LogP) is 1.80. The first-order valence-electron chi connectivity index (χ1n) is 9.40. The Bertz CT molecular complexity index is 740. The molecule has 138 valence electrons. The Labute approximate surface area is 154 Å². The number of nitrogens with zero attached hydrogens (tertiary/aromatic N) is 3. The Morgan fingerprint density at radius 3 is 2.81 bits per heavy atom. The average Bonchev–Trinajstić information content (AvgIpc) is 3.13. The Morgan fingerprint density at radius 1 is 1.23 bits per heavy atom. The summed E-state index contributed by atoms with van der Waals surface area (Å²) in [4.78, 5) is 14.6. The van der Waals surface area contributed by atoms with Crippen LogP contribution in [0.25, 0.3) is 0 Å². The second-order valence-electron chi connectivity index (χ2n) is 7.34. The van der Waals surface area contributed by atoms with Gasteiger partial charge in [-0.25, -0.2) is 0 Å². The molecule has 1 N–H and O–H groups in total. The van der Waals surface area contributed by atoms with Gasteiger partial charge in [0.05, 0.1) is 25.3 Å². The summed E-state index contributed by atoms with van der Waals surface area (Å²) in [6, 6.07) is 10.1. The molecule has 2 aliphatic rings.